The molecule has 2 atom stereocenters. The molecule has 1 aliphatic heterocycles. The van der Waals surface area contributed by atoms with Crippen molar-refractivity contribution in [2.75, 3.05) is 19.6 Å². The van der Waals surface area contributed by atoms with E-state index in [9.17, 15) is 8.42 Å². The minimum absolute atomic E-state index is 0. The average molecular weight is 306 g/mol. The number of piperazine rings is 1. The van der Waals surface area contributed by atoms with Crippen molar-refractivity contribution in [3.63, 3.8) is 0 Å². The maximum Gasteiger partial charge on any atom is 0.222 e. The molecule has 1 fully saturated rings. The van der Waals surface area contributed by atoms with Gasteiger partial charge in [0.2, 0.25) is 10.0 Å². The highest BCUT2D eigenvalue weighted by Crippen LogP contribution is 2.25. The third-order valence-corrected chi connectivity index (χ3v) is 5.65. The fourth-order valence-electron chi connectivity index (χ4n) is 2.17. The van der Waals surface area contributed by atoms with E-state index in [2.05, 4.69) is 10.3 Å². The average Bonchev–Trinajstić information content (AvgIpc) is 2.39. The molecule has 2 unspecified atom stereocenters. The summed E-state index contributed by atoms with van der Waals surface area (Å²) in [6.45, 7) is 5.56. The van der Waals surface area contributed by atoms with E-state index in [-0.39, 0.29) is 18.4 Å². The van der Waals surface area contributed by atoms with Crippen molar-refractivity contribution in [3.8, 4) is 0 Å². The van der Waals surface area contributed by atoms with E-state index in [4.69, 9.17) is 0 Å². The Morgan fingerprint density at radius 2 is 2.21 bits per heavy atom. The molecule has 0 aromatic carbocycles. The number of aromatic nitrogens is 1. The highest BCUT2D eigenvalue weighted by atomic mass is 35.5. The Kier molecular flexibility index (Phi) is 5.73. The molecule has 1 aromatic heterocycles. The first-order chi connectivity index (χ1) is 8.53. The summed E-state index contributed by atoms with van der Waals surface area (Å²) in [6, 6.07) is 5.36. The predicted molar refractivity (Wildman–Crippen MR) is 77.9 cm³/mol. The van der Waals surface area contributed by atoms with Gasteiger partial charge in [-0.15, -0.1) is 12.4 Å². The van der Waals surface area contributed by atoms with E-state index in [0.29, 0.717) is 25.3 Å². The summed E-state index contributed by atoms with van der Waals surface area (Å²) in [5.74, 6) is 0. The van der Waals surface area contributed by atoms with E-state index in [0.717, 1.165) is 0 Å². The summed E-state index contributed by atoms with van der Waals surface area (Å²) in [5.41, 5.74) is 0.600. The molecule has 0 aliphatic carbocycles. The lowest BCUT2D eigenvalue weighted by Crippen LogP contribution is -2.53. The number of nitrogens with zero attached hydrogens (tertiary/aromatic N) is 2. The molecule has 1 saturated heterocycles. The van der Waals surface area contributed by atoms with Crippen LogP contribution in [-0.4, -0.2) is 43.4 Å². The van der Waals surface area contributed by atoms with Gasteiger partial charge in [-0.1, -0.05) is 6.07 Å². The Bertz CT molecular complexity index is 495. The molecule has 0 spiro atoms. The summed E-state index contributed by atoms with van der Waals surface area (Å²) in [5, 5.41) is 2.60. The quantitative estimate of drug-likeness (QED) is 0.911. The summed E-state index contributed by atoms with van der Waals surface area (Å²) in [4.78, 5) is 4.14. The van der Waals surface area contributed by atoms with Crippen LogP contribution in [0.25, 0.3) is 0 Å². The van der Waals surface area contributed by atoms with Crippen molar-refractivity contribution in [1.29, 1.82) is 0 Å². The normalized spacial score (nSPS) is 22.5. The SMILES string of the molecule is CC1CNCCN1S(=O)(=O)C(C)c1ccccn1.Cl. The third-order valence-electron chi connectivity index (χ3n) is 3.32. The van der Waals surface area contributed by atoms with Gasteiger partial charge in [0.1, 0.15) is 5.25 Å². The van der Waals surface area contributed by atoms with E-state index < -0.39 is 15.3 Å². The first-order valence-corrected chi connectivity index (χ1v) is 7.66. The molecule has 2 rings (SSSR count). The van der Waals surface area contributed by atoms with Crippen LogP contribution < -0.4 is 5.32 Å². The Balaban J connectivity index is 0.00000180. The van der Waals surface area contributed by atoms with E-state index in [1.165, 1.54) is 0 Å². The molecule has 1 aromatic rings. The fraction of sp³-hybridized carbons (Fsp3) is 0.583. The van der Waals surface area contributed by atoms with Crippen LogP contribution in [0, 0.1) is 0 Å². The number of nitrogens with one attached hydrogen (secondary N) is 1. The number of pyridine rings is 1. The molecule has 108 valence electrons. The van der Waals surface area contributed by atoms with Crippen LogP contribution in [0.4, 0.5) is 0 Å². The van der Waals surface area contributed by atoms with Crippen molar-refractivity contribution in [2.24, 2.45) is 0 Å². The Hall–Kier alpha value is -0.690. The molecular weight excluding hydrogens is 286 g/mol. The van der Waals surface area contributed by atoms with Gasteiger partial charge in [-0.25, -0.2) is 8.42 Å². The van der Waals surface area contributed by atoms with Crippen LogP contribution in [0.2, 0.25) is 0 Å². The lowest BCUT2D eigenvalue weighted by molar-refractivity contribution is 0.281. The van der Waals surface area contributed by atoms with E-state index >= 15 is 0 Å². The van der Waals surface area contributed by atoms with Crippen molar-refractivity contribution in [1.82, 2.24) is 14.6 Å². The second-order valence-corrected chi connectivity index (χ2v) is 6.81. The second kappa shape index (κ2) is 6.65. The van der Waals surface area contributed by atoms with Crippen LogP contribution in [0.3, 0.4) is 0 Å². The number of hydrogen-bond donors (Lipinski definition) is 1. The fourth-order valence-corrected chi connectivity index (χ4v) is 3.95. The molecule has 0 amide bonds. The van der Waals surface area contributed by atoms with Gasteiger partial charge in [-0.05, 0) is 26.0 Å². The first-order valence-electron chi connectivity index (χ1n) is 6.16. The summed E-state index contributed by atoms with van der Waals surface area (Å²) in [6.07, 6.45) is 1.63. The van der Waals surface area contributed by atoms with Crippen LogP contribution in [-0.2, 0) is 10.0 Å². The van der Waals surface area contributed by atoms with Crippen LogP contribution in [0.1, 0.15) is 24.8 Å². The lowest BCUT2D eigenvalue weighted by atomic mass is 10.3. The summed E-state index contributed by atoms with van der Waals surface area (Å²) >= 11 is 0. The predicted octanol–water partition coefficient (Wildman–Crippen LogP) is 1.19. The maximum absolute atomic E-state index is 12.6. The lowest BCUT2D eigenvalue weighted by Gasteiger charge is -2.34. The molecule has 5 nitrogen and oxygen atoms in total. The van der Waals surface area contributed by atoms with Crippen molar-refractivity contribution < 1.29 is 8.42 Å². The number of sulfonamides is 1. The Labute approximate surface area is 120 Å². The van der Waals surface area contributed by atoms with Gasteiger partial charge < -0.3 is 5.32 Å². The minimum atomic E-state index is -3.33. The minimum Gasteiger partial charge on any atom is -0.314 e. The van der Waals surface area contributed by atoms with E-state index in [1.54, 1.807) is 29.6 Å². The molecule has 19 heavy (non-hydrogen) atoms. The zero-order valence-electron chi connectivity index (χ0n) is 11.1. The second-order valence-electron chi connectivity index (χ2n) is 4.61. The van der Waals surface area contributed by atoms with Crippen molar-refractivity contribution >= 4 is 22.4 Å². The molecule has 0 bridgehead atoms. The van der Waals surface area contributed by atoms with Gasteiger partial charge in [0.05, 0.1) is 5.69 Å². The van der Waals surface area contributed by atoms with Gasteiger partial charge in [-0.2, -0.15) is 4.31 Å². The Morgan fingerprint density at radius 3 is 2.79 bits per heavy atom. The molecule has 1 N–H and O–H groups in total. The van der Waals surface area contributed by atoms with Crippen LogP contribution in [0.5, 0.6) is 0 Å². The largest absolute Gasteiger partial charge is 0.314 e. The van der Waals surface area contributed by atoms with Crippen LogP contribution in [0.15, 0.2) is 24.4 Å². The van der Waals surface area contributed by atoms with Crippen molar-refractivity contribution in [3.05, 3.63) is 30.1 Å². The molecule has 0 radical (unpaired) electrons. The summed E-state index contributed by atoms with van der Waals surface area (Å²) in [7, 11) is -3.33. The van der Waals surface area contributed by atoms with Gasteiger partial charge in [-0.3, -0.25) is 4.98 Å². The smallest absolute Gasteiger partial charge is 0.222 e. The monoisotopic (exact) mass is 305 g/mol. The number of hydrogen-bond acceptors (Lipinski definition) is 4. The topological polar surface area (TPSA) is 62.3 Å². The van der Waals surface area contributed by atoms with Gasteiger partial charge in [0.25, 0.3) is 0 Å². The standard InChI is InChI=1S/C12H19N3O2S.ClH/c1-10-9-13-7-8-15(10)18(16,17)11(2)12-5-3-4-6-14-12;/h3-6,10-11,13H,7-9H2,1-2H3;1H. The van der Waals surface area contributed by atoms with Gasteiger partial charge >= 0.3 is 0 Å². The van der Waals surface area contributed by atoms with Gasteiger partial charge in [0, 0.05) is 31.9 Å². The molecule has 1 aliphatic rings. The molecule has 7 heteroatoms. The zero-order valence-corrected chi connectivity index (χ0v) is 12.7. The first kappa shape index (κ1) is 16.4. The zero-order chi connectivity index (χ0) is 13.2. The number of halogens is 1. The highest BCUT2D eigenvalue weighted by molar-refractivity contribution is 7.89. The number of rotatable bonds is 3. The van der Waals surface area contributed by atoms with Gasteiger partial charge in [0.15, 0.2) is 0 Å². The van der Waals surface area contributed by atoms with Crippen molar-refractivity contribution in [2.45, 2.75) is 25.1 Å². The highest BCUT2D eigenvalue weighted by Gasteiger charge is 2.34. The molecule has 0 saturated carbocycles. The third kappa shape index (κ3) is 3.45. The Morgan fingerprint density at radius 1 is 1.47 bits per heavy atom. The van der Waals surface area contributed by atoms with Crippen LogP contribution >= 0.6 is 12.4 Å². The summed E-state index contributed by atoms with van der Waals surface area (Å²) < 4.78 is 26.7. The van der Waals surface area contributed by atoms with E-state index in [1.807, 2.05) is 13.0 Å². The molecular formula is C12H20ClN3O2S. The molecule has 2 heterocycles. The maximum atomic E-state index is 12.6.